The summed E-state index contributed by atoms with van der Waals surface area (Å²) < 4.78 is 20.7. The molecule has 0 spiro atoms. The summed E-state index contributed by atoms with van der Waals surface area (Å²) in [6, 6.07) is 21.2. The Morgan fingerprint density at radius 1 is 1.03 bits per heavy atom. The summed E-state index contributed by atoms with van der Waals surface area (Å²) in [7, 11) is 1.38. The lowest BCUT2D eigenvalue weighted by Gasteiger charge is -2.09. The first-order valence-electron chi connectivity index (χ1n) is 10.6. The van der Waals surface area contributed by atoms with E-state index in [1.807, 2.05) is 55.5 Å². The number of nitrogens with one attached hydrogen (secondary N) is 1. The number of hydrogen-bond donors (Lipinski definition) is 1. The smallest absolute Gasteiger partial charge is 0.276 e. The maximum absolute atomic E-state index is 14.1. The first-order chi connectivity index (χ1) is 16.5. The number of aryl methyl sites for hydroxylation is 1. The minimum atomic E-state index is -0.571. The number of halogens is 1. The van der Waals surface area contributed by atoms with E-state index in [1.165, 1.54) is 19.2 Å². The summed E-state index contributed by atoms with van der Waals surface area (Å²) in [6.07, 6.45) is 1.72. The highest BCUT2D eigenvalue weighted by Gasteiger charge is 2.20. The van der Waals surface area contributed by atoms with Gasteiger partial charge in [0.15, 0.2) is 23.1 Å². The summed E-state index contributed by atoms with van der Waals surface area (Å²) in [4.78, 5) is 22.1. The molecule has 0 fully saturated rings. The third-order valence-electron chi connectivity index (χ3n) is 5.37. The number of methoxy groups -OCH3 is 1. The Morgan fingerprint density at radius 2 is 1.88 bits per heavy atom. The van der Waals surface area contributed by atoms with E-state index < -0.39 is 11.7 Å². The Kier molecular flexibility index (Phi) is 5.47. The van der Waals surface area contributed by atoms with Crippen molar-refractivity contribution in [3.05, 3.63) is 96.2 Å². The maximum atomic E-state index is 14.1. The standard InChI is InChI=1S/C26H20FN5O2/c1-16-6-5-9-25(29-16)32-23(19-12-13-28-21-8-4-3-7-18(19)21)15-22(31-32)26(33)30-17-10-11-24(34-2)20(27)14-17/h3-15H,1-2H3,(H,30,33). The van der Waals surface area contributed by atoms with Gasteiger partial charge in [-0.1, -0.05) is 24.3 Å². The van der Waals surface area contributed by atoms with Crippen LogP contribution in [-0.4, -0.2) is 32.8 Å². The molecular weight excluding hydrogens is 433 g/mol. The second-order valence-corrected chi connectivity index (χ2v) is 7.64. The van der Waals surface area contributed by atoms with Crippen LogP contribution in [0.4, 0.5) is 10.1 Å². The van der Waals surface area contributed by atoms with Crippen molar-refractivity contribution in [3.8, 4) is 22.8 Å². The number of anilines is 1. The normalized spacial score (nSPS) is 10.9. The van der Waals surface area contributed by atoms with Crippen molar-refractivity contribution < 1.29 is 13.9 Å². The number of benzene rings is 2. The number of aromatic nitrogens is 4. The zero-order valence-electron chi connectivity index (χ0n) is 18.5. The molecule has 0 radical (unpaired) electrons. The molecule has 3 heterocycles. The fourth-order valence-corrected chi connectivity index (χ4v) is 3.76. The van der Waals surface area contributed by atoms with Crippen LogP contribution in [-0.2, 0) is 0 Å². The van der Waals surface area contributed by atoms with Gasteiger partial charge in [0, 0.05) is 34.6 Å². The minimum Gasteiger partial charge on any atom is -0.494 e. The molecule has 1 N–H and O–H groups in total. The largest absolute Gasteiger partial charge is 0.494 e. The summed E-state index contributed by atoms with van der Waals surface area (Å²) in [5.74, 6) is -0.376. The minimum absolute atomic E-state index is 0.0969. The molecule has 0 unspecified atom stereocenters. The van der Waals surface area contributed by atoms with Gasteiger partial charge in [-0.05, 0) is 49.4 Å². The average Bonchev–Trinajstić information content (AvgIpc) is 3.29. The number of carbonyl (C=O) groups is 1. The quantitative estimate of drug-likeness (QED) is 0.396. The molecule has 0 bridgehead atoms. The Labute approximate surface area is 194 Å². The number of nitrogens with zero attached hydrogens (tertiary/aromatic N) is 4. The number of fused-ring (bicyclic) bond motifs is 1. The van der Waals surface area contributed by atoms with Crippen LogP contribution in [0.25, 0.3) is 28.0 Å². The lowest BCUT2D eigenvalue weighted by Crippen LogP contribution is -2.13. The molecule has 0 aliphatic rings. The number of pyridine rings is 2. The van der Waals surface area contributed by atoms with Gasteiger partial charge in [-0.15, -0.1) is 0 Å². The van der Waals surface area contributed by atoms with Crippen LogP contribution in [0.5, 0.6) is 5.75 Å². The van der Waals surface area contributed by atoms with E-state index >= 15 is 0 Å². The SMILES string of the molecule is COc1ccc(NC(=O)c2cc(-c3ccnc4ccccc34)n(-c3cccc(C)n3)n2)cc1F. The number of rotatable bonds is 5. The third-order valence-corrected chi connectivity index (χ3v) is 5.37. The zero-order chi connectivity index (χ0) is 23.7. The Morgan fingerprint density at radius 3 is 2.68 bits per heavy atom. The van der Waals surface area contributed by atoms with Crippen LogP contribution < -0.4 is 10.1 Å². The van der Waals surface area contributed by atoms with Crippen molar-refractivity contribution in [2.75, 3.05) is 12.4 Å². The monoisotopic (exact) mass is 453 g/mol. The number of amides is 1. The lowest BCUT2D eigenvalue weighted by atomic mass is 10.1. The van der Waals surface area contributed by atoms with Crippen LogP contribution in [0, 0.1) is 12.7 Å². The van der Waals surface area contributed by atoms with E-state index in [0.717, 1.165) is 22.2 Å². The van der Waals surface area contributed by atoms with E-state index in [1.54, 1.807) is 23.0 Å². The summed E-state index contributed by atoms with van der Waals surface area (Å²) in [5, 5.41) is 8.18. The van der Waals surface area contributed by atoms with Gasteiger partial charge < -0.3 is 10.1 Å². The number of ether oxygens (including phenoxy) is 1. The Hall–Kier alpha value is -4.59. The number of carbonyl (C=O) groups excluding carboxylic acids is 1. The van der Waals surface area contributed by atoms with Gasteiger partial charge in [-0.2, -0.15) is 5.10 Å². The van der Waals surface area contributed by atoms with Crippen LogP contribution >= 0.6 is 0 Å². The second-order valence-electron chi connectivity index (χ2n) is 7.64. The summed E-state index contributed by atoms with van der Waals surface area (Å²) >= 11 is 0. The second kappa shape index (κ2) is 8.74. The van der Waals surface area contributed by atoms with Crippen LogP contribution in [0.2, 0.25) is 0 Å². The highest BCUT2D eigenvalue weighted by Crippen LogP contribution is 2.30. The van der Waals surface area contributed by atoms with E-state index in [0.29, 0.717) is 17.2 Å². The van der Waals surface area contributed by atoms with Crippen molar-refractivity contribution in [3.63, 3.8) is 0 Å². The predicted octanol–water partition coefficient (Wildman–Crippen LogP) is 5.19. The van der Waals surface area contributed by atoms with Crippen molar-refractivity contribution in [1.29, 1.82) is 0 Å². The van der Waals surface area contributed by atoms with E-state index in [9.17, 15) is 9.18 Å². The lowest BCUT2D eigenvalue weighted by molar-refractivity contribution is 0.102. The molecule has 2 aromatic carbocycles. The van der Waals surface area contributed by atoms with Crippen molar-refractivity contribution in [1.82, 2.24) is 19.7 Å². The Bertz CT molecular complexity index is 1520. The van der Waals surface area contributed by atoms with Gasteiger partial charge in [0.25, 0.3) is 5.91 Å². The van der Waals surface area contributed by atoms with Gasteiger partial charge in [0.05, 0.1) is 18.3 Å². The molecule has 3 aromatic heterocycles. The van der Waals surface area contributed by atoms with Gasteiger partial charge in [0.2, 0.25) is 0 Å². The first-order valence-corrected chi connectivity index (χ1v) is 10.6. The molecule has 8 heteroatoms. The van der Waals surface area contributed by atoms with Crippen LogP contribution in [0.15, 0.2) is 79.0 Å². The molecule has 0 saturated heterocycles. The van der Waals surface area contributed by atoms with Crippen LogP contribution in [0.3, 0.4) is 0 Å². The molecule has 1 amide bonds. The van der Waals surface area contributed by atoms with Crippen molar-refractivity contribution >= 4 is 22.5 Å². The first kappa shape index (κ1) is 21.3. The molecule has 5 aromatic rings. The van der Waals surface area contributed by atoms with Gasteiger partial charge in [0.1, 0.15) is 0 Å². The van der Waals surface area contributed by atoms with Crippen LogP contribution in [0.1, 0.15) is 16.2 Å². The molecule has 0 atom stereocenters. The van der Waals surface area contributed by atoms with Gasteiger partial charge >= 0.3 is 0 Å². The van der Waals surface area contributed by atoms with Crippen molar-refractivity contribution in [2.24, 2.45) is 0 Å². The summed E-state index contributed by atoms with van der Waals surface area (Å²) in [6.45, 7) is 1.89. The molecule has 0 aliphatic carbocycles. The molecule has 0 saturated carbocycles. The molecule has 5 rings (SSSR count). The highest BCUT2D eigenvalue weighted by atomic mass is 19.1. The zero-order valence-corrected chi connectivity index (χ0v) is 18.5. The molecule has 34 heavy (non-hydrogen) atoms. The van der Waals surface area contributed by atoms with E-state index in [2.05, 4.69) is 20.4 Å². The molecular formula is C26H20FN5O2. The number of hydrogen-bond acceptors (Lipinski definition) is 5. The van der Waals surface area contributed by atoms with E-state index in [4.69, 9.17) is 4.74 Å². The van der Waals surface area contributed by atoms with E-state index in [-0.39, 0.29) is 11.4 Å². The topological polar surface area (TPSA) is 81.9 Å². The third kappa shape index (κ3) is 3.97. The molecule has 168 valence electrons. The molecule has 7 nitrogen and oxygen atoms in total. The van der Waals surface area contributed by atoms with Gasteiger partial charge in [-0.25, -0.2) is 14.1 Å². The number of para-hydroxylation sites is 1. The molecule has 0 aliphatic heterocycles. The highest BCUT2D eigenvalue weighted by molar-refractivity contribution is 6.04. The average molecular weight is 453 g/mol. The maximum Gasteiger partial charge on any atom is 0.276 e. The summed E-state index contributed by atoms with van der Waals surface area (Å²) in [5.41, 5.74) is 3.64. The predicted molar refractivity (Wildman–Crippen MR) is 128 cm³/mol. The fraction of sp³-hybridized carbons (Fsp3) is 0.0769. The van der Waals surface area contributed by atoms with Crippen molar-refractivity contribution in [2.45, 2.75) is 6.92 Å². The van der Waals surface area contributed by atoms with Gasteiger partial charge in [-0.3, -0.25) is 9.78 Å². The Balaban J connectivity index is 1.61. The fourth-order valence-electron chi connectivity index (χ4n) is 3.76.